The second-order valence-corrected chi connectivity index (χ2v) is 2.43. The molecule has 0 aromatic rings. The topological polar surface area (TPSA) is 87.0 Å². The molecule has 0 radical (unpaired) electrons. The third-order valence-corrected chi connectivity index (χ3v) is 1.65. The van der Waals surface area contributed by atoms with Gasteiger partial charge in [-0.2, -0.15) is 0 Å². The molecule has 2 unspecified atom stereocenters. The Labute approximate surface area is 63.2 Å². The molecule has 1 aliphatic heterocycles. The first-order chi connectivity index (χ1) is 5.16. The Morgan fingerprint density at radius 2 is 2.18 bits per heavy atom. The molecule has 64 valence electrons. The zero-order valence-electron chi connectivity index (χ0n) is 5.80. The Hall–Kier alpha value is -0.490. The van der Waals surface area contributed by atoms with Crippen LogP contribution in [0.4, 0.5) is 0 Å². The molecule has 0 aromatic heterocycles. The standard InChI is InChI=1S/C6H10O5/c7-1-4-6(10)5(9)3(8)2-11-4/h4-7,9-10H,1-2H2/t4?,5-,6?/m0/s1. The van der Waals surface area contributed by atoms with Crippen molar-refractivity contribution in [3.05, 3.63) is 0 Å². The molecular formula is C6H10O5. The first-order valence-corrected chi connectivity index (χ1v) is 3.28. The van der Waals surface area contributed by atoms with Crippen LogP contribution in [0.25, 0.3) is 0 Å². The summed E-state index contributed by atoms with van der Waals surface area (Å²) < 4.78 is 4.71. The van der Waals surface area contributed by atoms with Crippen LogP contribution >= 0.6 is 0 Å². The Bertz CT molecular complexity index is 157. The minimum atomic E-state index is -1.42. The van der Waals surface area contributed by atoms with Crippen LogP contribution in [0.1, 0.15) is 0 Å². The van der Waals surface area contributed by atoms with E-state index in [2.05, 4.69) is 0 Å². The van der Waals surface area contributed by atoms with Crippen LogP contribution in [0.3, 0.4) is 0 Å². The predicted octanol–water partition coefficient (Wildman–Crippen LogP) is -2.33. The molecule has 3 N–H and O–H groups in total. The maximum absolute atomic E-state index is 10.6. The van der Waals surface area contributed by atoms with E-state index in [0.717, 1.165) is 0 Å². The van der Waals surface area contributed by atoms with Gasteiger partial charge in [-0.15, -0.1) is 0 Å². The molecule has 1 fully saturated rings. The third-order valence-electron chi connectivity index (χ3n) is 1.65. The van der Waals surface area contributed by atoms with Gasteiger partial charge in [-0.25, -0.2) is 0 Å². The van der Waals surface area contributed by atoms with Crippen molar-refractivity contribution in [2.45, 2.75) is 18.3 Å². The number of Topliss-reactive ketones (excluding diaryl/α,β-unsaturated/α-hetero) is 1. The summed E-state index contributed by atoms with van der Waals surface area (Å²) in [6.45, 7) is -0.644. The zero-order valence-corrected chi connectivity index (χ0v) is 5.80. The lowest BCUT2D eigenvalue weighted by Gasteiger charge is -2.29. The van der Waals surface area contributed by atoms with Crippen LogP contribution in [-0.4, -0.2) is 52.6 Å². The highest BCUT2D eigenvalue weighted by atomic mass is 16.5. The molecular weight excluding hydrogens is 152 g/mol. The number of aliphatic hydroxyl groups is 3. The number of aliphatic hydroxyl groups excluding tert-OH is 3. The number of rotatable bonds is 1. The summed E-state index contributed by atoms with van der Waals surface area (Å²) in [6.07, 6.45) is -3.56. The van der Waals surface area contributed by atoms with E-state index >= 15 is 0 Å². The van der Waals surface area contributed by atoms with Crippen LogP contribution in [0.5, 0.6) is 0 Å². The molecule has 1 aliphatic rings. The van der Waals surface area contributed by atoms with Gasteiger partial charge in [0.15, 0.2) is 5.78 Å². The number of hydrogen-bond acceptors (Lipinski definition) is 5. The van der Waals surface area contributed by atoms with Crippen molar-refractivity contribution in [2.75, 3.05) is 13.2 Å². The smallest absolute Gasteiger partial charge is 0.189 e. The molecule has 1 rings (SSSR count). The van der Waals surface area contributed by atoms with E-state index < -0.39 is 30.7 Å². The van der Waals surface area contributed by atoms with Crippen LogP contribution in [0.2, 0.25) is 0 Å². The van der Waals surface area contributed by atoms with Gasteiger partial charge >= 0.3 is 0 Å². The van der Waals surface area contributed by atoms with Gasteiger partial charge in [0.1, 0.15) is 24.9 Å². The minimum absolute atomic E-state index is 0.247. The molecule has 5 heteroatoms. The molecule has 0 aromatic carbocycles. The number of ether oxygens (including phenoxy) is 1. The monoisotopic (exact) mass is 162 g/mol. The fraction of sp³-hybridized carbons (Fsp3) is 0.833. The molecule has 1 saturated heterocycles. The van der Waals surface area contributed by atoms with Crippen molar-refractivity contribution < 1.29 is 24.9 Å². The highest BCUT2D eigenvalue weighted by Crippen LogP contribution is 2.11. The molecule has 5 nitrogen and oxygen atoms in total. The lowest BCUT2D eigenvalue weighted by Crippen LogP contribution is -2.51. The van der Waals surface area contributed by atoms with E-state index in [0.29, 0.717) is 0 Å². The summed E-state index contributed by atoms with van der Waals surface area (Å²) >= 11 is 0. The first kappa shape index (κ1) is 8.61. The van der Waals surface area contributed by atoms with Gasteiger partial charge in [-0.3, -0.25) is 4.79 Å². The zero-order chi connectivity index (χ0) is 8.43. The van der Waals surface area contributed by atoms with Gasteiger partial charge in [0.2, 0.25) is 0 Å². The second-order valence-electron chi connectivity index (χ2n) is 2.43. The van der Waals surface area contributed by atoms with E-state index in [-0.39, 0.29) is 6.61 Å². The lowest BCUT2D eigenvalue weighted by molar-refractivity contribution is -0.170. The van der Waals surface area contributed by atoms with Gasteiger partial charge in [-0.05, 0) is 0 Å². The lowest BCUT2D eigenvalue weighted by atomic mass is 10.0. The molecule has 0 aliphatic carbocycles. The molecule has 0 bridgehead atoms. The van der Waals surface area contributed by atoms with E-state index in [4.69, 9.17) is 20.1 Å². The van der Waals surface area contributed by atoms with Crippen LogP contribution in [0.15, 0.2) is 0 Å². The SMILES string of the molecule is O=C1COC(CO)C(O)[C@H]1O. The fourth-order valence-corrected chi connectivity index (χ4v) is 0.928. The molecule has 0 amide bonds. The summed E-state index contributed by atoms with van der Waals surface area (Å²) in [5, 5.41) is 26.6. The summed E-state index contributed by atoms with van der Waals surface area (Å²) in [4.78, 5) is 10.6. The van der Waals surface area contributed by atoms with E-state index in [1.54, 1.807) is 0 Å². The quantitative estimate of drug-likeness (QED) is 0.402. The largest absolute Gasteiger partial charge is 0.394 e. The number of carbonyl (C=O) groups is 1. The third kappa shape index (κ3) is 1.57. The predicted molar refractivity (Wildman–Crippen MR) is 33.8 cm³/mol. The number of carbonyl (C=O) groups excluding carboxylic acids is 1. The fourth-order valence-electron chi connectivity index (χ4n) is 0.928. The van der Waals surface area contributed by atoms with Crippen molar-refractivity contribution in [1.82, 2.24) is 0 Å². The van der Waals surface area contributed by atoms with Gasteiger partial charge in [0.25, 0.3) is 0 Å². The van der Waals surface area contributed by atoms with E-state index in [1.807, 2.05) is 0 Å². The van der Waals surface area contributed by atoms with Crippen molar-refractivity contribution in [3.63, 3.8) is 0 Å². The maximum Gasteiger partial charge on any atom is 0.189 e. The first-order valence-electron chi connectivity index (χ1n) is 3.28. The number of hydrogen-bond donors (Lipinski definition) is 3. The Kier molecular flexibility index (Phi) is 2.56. The molecule has 11 heavy (non-hydrogen) atoms. The summed E-state index contributed by atoms with van der Waals surface area (Å²) in [6, 6.07) is 0. The van der Waals surface area contributed by atoms with Crippen molar-refractivity contribution in [3.8, 4) is 0 Å². The van der Waals surface area contributed by atoms with Crippen molar-refractivity contribution >= 4 is 5.78 Å². The van der Waals surface area contributed by atoms with Gasteiger partial charge < -0.3 is 20.1 Å². The summed E-state index contributed by atoms with van der Waals surface area (Å²) in [7, 11) is 0. The van der Waals surface area contributed by atoms with E-state index in [9.17, 15) is 4.79 Å². The van der Waals surface area contributed by atoms with Crippen molar-refractivity contribution in [2.24, 2.45) is 0 Å². The molecule has 3 atom stereocenters. The summed E-state index contributed by atoms with van der Waals surface area (Å²) in [5.74, 6) is -0.554. The average molecular weight is 162 g/mol. The van der Waals surface area contributed by atoms with Crippen LogP contribution in [0, 0.1) is 0 Å². The Morgan fingerprint density at radius 1 is 1.55 bits per heavy atom. The average Bonchev–Trinajstić information content (AvgIpc) is 2.01. The second kappa shape index (κ2) is 3.27. The van der Waals surface area contributed by atoms with E-state index in [1.165, 1.54) is 0 Å². The molecule has 1 heterocycles. The van der Waals surface area contributed by atoms with Gasteiger partial charge in [0.05, 0.1) is 6.61 Å². The minimum Gasteiger partial charge on any atom is -0.394 e. The Balaban J connectivity index is 2.59. The van der Waals surface area contributed by atoms with Crippen molar-refractivity contribution in [1.29, 1.82) is 0 Å². The highest BCUT2D eigenvalue weighted by Gasteiger charge is 2.36. The normalized spacial score (nSPS) is 39.2. The van der Waals surface area contributed by atoms with Gasteiger partial charge in [-0.1, -0.05) is 0 Å². The van der Waals surface area contributed by atoms with Crippen LogP contribution in [-0.2, 0) is 9.53 Å². The summed E-state index contributed by atoms with van der Waals surface area (Å²) in [5.41, 5.74) is 0. The number of ketones is 1. The maximum atomic E-state index is 10.6. The Morgan fingerprint density at radius 3 is 2.73 bits per heavy atom. The molecule has 0 spiro atoms. The highest BCUT2D eigenvalue weighted by molar-refractivity contribution is 5.85. The van der Waals surface area contributed by atoms with Crippen LogP contribution < -0.4 is 0 Å². The van der Waals surface area contributed by atoms with Gasteiger partial charge in [0, 0.05) is 0 Å². The molecule has 0 saturated carbocycles.